The Bertz CT molecular complexity index is 1200. The maximum atomic E-state index is 13.3. The van der Waals surface area contributed by atoms with Gasteiger partial charge in [-0.1, -0.05) is 48.5 Å². The number of amides is 2. The molecular formula is C30H35N3O5. The molecule has 8 heteroatoms. The molecule has 1 fully saturated rings. The Balaban J connectivity index is 1.56. The third kappa shape index (κ3) is 7.04. The van der Waals surface area contributed by atoms with Crippen LogP contribution in [-0.4, -0.2) is 51.3 Å². The van der Waals surface area contributed by atoms with Crippen LogP contribution in [0.2, 0.25) is 0 Å². The van der Waals surface area contributed by atoms with E-state index in [1.807, 2.05) is 74.5 Å². The first-order valence-electron chi connectivity index (χ1n) is 13.1. The Morgan fingerprint density at radius 3 is 2.18 bits per heavy atom. The molecule has 1 aliphatic rings. The van der Waals surface area contributed by atoms with E-state index in [2.05, 4.69) is 15.5 Å². The zero-order valence-electron chi connectivity index (χ0n) is 21.9. The fourth-order valence-electron chi connectivity index (χ4n) is 4.40. The summed E-state index contributed by atoms with van der Waals surface area (Å²) < 4.78 is 17.4. The molecule has 1 unspecified atom stereocenters. The minimum atomic E-state index is -0.515. The van der Waals surface area contributed by atoms with E-state index in [9.17, 15) is 9.59 Å². The number of nitrogens with zero attached hydrogens (tertiary/aromatic N) is 1. The van der Waals surface area contributed by atoms with Gasteiger partial charge in [0.15, 0.2) is 0 Å². The summed E-state index contributed by atoms with van der Waals surface area (Å²) in [4.78, 5) is 28.5. The van der Waals surface area contributed by atoms with Gasteiger partial charge in [-0.15, -0.1) is 0 Å². The largest absolute Gasteiger partial charge is 0.492 e. The SMILES string of the molecule is CCOc1cc(N2CCOCC2)c(OCC)cc1NC(=O)CC(NC(=O)c1ccccc1)c1ccccc1. The van der Waals surface area contributed by atoms with Crippen LogP contribution >= 0.6 is 0 Å². The quantitative estimate of drug-likeness (QED) is 0.379. The number of ether oxygens (including phenoxy) is 3. The third-order valence-corrected chi connectivity index (χ3v) is 6.22. The van der Waals surface area contributed by atoms with Crippen molar-refractivity contribution < 1.29 is 23.8 Å². The second-order valence-electron chi connectivity index (χ2n) is 8.84. The van der Waals surface area contributed by atoms with Crippen molar-refractivity contribution in [2.75, 3.05) is 49.7 Å². The Hall–Kier alpha value is -4.04. The van der Waals surface area contributed by atoms with Crippen molar-refractivity contribution in [1.82, 2.24) is 5.32 Å². The molecule has 0 aliphatic carbocycles. The molecule has 3 aromatic rings. The van der Waals surface area contributed by atoms with Crippen molar-refractivity contribution in [2.24, 2.45) is 0 Å². The van der Waals surface area contributed by atoms with E-state index in [0.29, 0.717) is 49.2 Å². The number of anilines is 2. The summed E-state index contributed by atoms with van der Waals surface area (Å²) >= 11 is 0. The smallest absolute Gasteiger partial charge is 0.251 e. The van der Waals surface area contributed by atoms with Gasteiger partial charge in [-0.2, -0.15) is 0 Å². The molecule has 1 saturated heterocycles. The Morgan fingerprint density at radius 1 is 0.895 bits per heavy atom. The Morgan fingerprint density at radius 2 is 1.53 bits per heavy atom. The highest BCUT2D eigenvalue weighted by Crippen LogP contribution is 2.39. The fraction of sp³-hybridized carbons (Fsp3) is 0.333. The second-order valence-corrected chi connectivity index (χ2v) is 8.84. The molecule has 0 saturated carbocycles. The van der Waals surface area contributed by atoms with Crippen LogP contribution in [0.3, 0.4) is 0 Å². The molecule has 200 valence electrons. The molecule has 2 amide bonds. The van der Waals surface area contributed by atoms with Gasteiger partial charge in [-0.05, 0) is 31.5 Å². The van der Waals surface area contributed by atoms with E-state index >= 15 is 0 Å². The summed E-state index contributed by atoms with van der Waals surface area (Å²) in [6.45, 7) is 7.54. The van der Waals surface area contributed by atoms with Crippen LogP contribution in [0.4, 0.5) is 11.4 Å². The van der Waals surface area contributed by atoms with Crippen molar-refractivity contribution in [3.8, 4) is 11.5 Å². The molecule has 0 radical (unpaired) electrons. The van der Waals surface area contributed by atoms with Gasteiger partial charge in [0, 0.05) is 30.8 Å². The molecule has 0 aromatic heterocycles. The molecule has 0 bridgehead atoms. The van der Waals surface area contributed by atoms with Crippen LogP contribution in [0.25, 0.3) is 0 Å². The predicted octanol–water partition coefficient (Wildman–Crippen LogP) is 4.82. The van der Waals surface area contributed by atoms with Gasteiger partial charge in [0.05, 0.1) is 50.3 Å². The van der Waals surface area contributed by atoms with Crippen LogP contribution in [0.15, 0.2) is 72.8 Å². The lowest BCUT2D eigenvalue weighted by Gasteiger charge is -2.31. The van der Waals surface area contributed by atoms with Crippen LogP contribution in [-0.2, 0) is 9.53 Å². The monoisotopic (exact) mass is 517 g/mol. The molecule has 0 spiro atoms. The van der Waals surface area contributed by atoms with Gasteiger partial charge in [0.2, 0.25) is 5.91 Å². The van der Waals surface area contributed by atoms with Gasteiger partial charge in [-0.3, -0.25) is 9.59 Å². The molecule has 3 aromatic carbocycles. The highest BCUT2D eigenvalue weighted by atomic mass is 16.5. The Kier molecular flexibility index (Phi) is 9.59. The van der Waals surface area contributed by atoms with E-state index < -0.39 is 6.04 Å². The minimum absolute atomic E-state index is 0.0450. The lowest BCUT2D eigenvalue weighted by Crippen LogP contribution is -2.36. The minimum Gasteiger partial charge on any atom is -0.492 e. The maximum absolute atomic E-state index is 13.3. The third-order valence-electron chi connectivity index (χ3n) is 6.22. The first-order valence-corrected chi connectivity index (χ1v) is 13.1. The summed E-state index contributed by atoms with van der Waals surface area (Å²) in [5.41, 5.74) is 2.81. The number of benzene rings is 3. The molecular weight excluding hydrogens is 482 g/mol. The number of carbonyl (C=O) groups excluding carboxylic acids is 2. The van der Waals surface area contributed by atoms with E-state index in [0.717, 1.165) is 24.3 Å². The molecule has 8 nitrogen and oxygen atoms in total. The fourth-order valence-corrected chi connectivity index (χ4v) is 4.40. The number of carbonyl (C=O) groups is 2. The summed E-state index contributed by atoms with van der Waals surface area (Å²) in [5.74, 6) is 0.742. The number of hydrogen-bond donors (Lipinski definition) is 2. The van der Waals surface area contributed by atoms with Crippen LogP contribution in [0.5, 0.6) is 11.5 Å². The molecule has 2 N–H and O–H groups in total. The second kappa shape index (κ2) is 13.5. The first-order chi connectivity index (χ1) is 18.6. The van der Waals surface area contributed by atoms with E-state index in [4.69, 9.17) is 14.2 Å². The van der Waals surface area contributed by atoms with Gasteiger partial charge in [0.1, 0.15) is 11.5 Å². The highest BCUT2D eigenvalue weighted by Gasteiger charge is 2.23. The van der Waals surface area contributed by atoms with Crippen molar-refractivity contribution in [3.05, 3.63) is 83.9 Å². The molecule has 1 atom stereocenters. The highest BCUT2D eigenvalue weighted by molar-refractivity contribution is 5.96. The Labute approximate surface area is 223 Å². The molecule has 1 heterocycles. The lowest BCUT2D eigenvalue weighted by molar-refractivity contribution is -0.116. The standard InChI is InChI=1S/C30H35N3O5/c1-3-37-27-21-26(33-15-17-36-18-16-33)28(38-4-2)19-25(27)31-29(34)20-24(22-11-7-5-8-12-22)32-30(35)23-13-9-6-10-14-23/h5-14,19,21,24H,3-4,15-18,20H2,1-2H3,(H,31,34)(H,32,35). The average molecular weight is 518 g/mol. The van der Waals surface area contributed by atoms with Gasteiger partial charge in [-0.25, -0.2) is 0 Å². The van der Waals surface area contributed by atoms with Crippen molar-refractivity contribution >= 4 is 23.2 Å². The maximum Gasteiger partial charge on any atom is 0.251 e. The van der Waals surface area contributed by atoms with Crippen molar-refractivity contribution in [3.63, 3.8) is 0 Å². The normalized spacial score (nSPS) is 13.9. The van der Waals surface area contributed by atoms with Crippen molar-refractivity contribution in [2.45, 2.75) is 26.3 Å². The van der Waals surface area contributed by atoms with Crippen LogP contribution < -0.4 is 25.0 Å². The number of hydrogen-bond acceptors (Lipinski definition) is 6. The van der Waals surface area contributed by atoms with Crippen LogP contribution in [0, 0.1) is 0 Å². The molecule has 1 aliphatic heterocycles. The van der Waals surface area contributed by atoms with Gasteiger partial charge < -0.3 is 29.7 Å². The summed E-state index contributed by atoms with van der Waals surface area (Å²) in [6.07, 6.45) is 0.0450. The zero-order chi connectivity index (χ0) is 26.7. The number of morpholine rings is 1. The van der Waals surface area contributed by atoms with Gasteiger partial charge >= 0.3 is 0 Å². The number of nitrogens with one attached hydrogen (secondary N) is 2. The summed E-state index contributed by atoms with van der Waals surface area (Å²) in [7, 11) is 0. The average Bonchev–Trinajstić information content (AvgIpc) is 2.95. The van der Waals surface area contributed by atoms with E-state index in [1.54, 1.807) is 12.1 Å². The van der Waals surface area contributed by atoms with E-state index in [1.165, 1.54) is 0 Å². The number of rotatable bonds is 11. The summed E-state index contributed by atoms with van der Waals surface area (Å²) in [5, 5.41) is 6.01. The lowest BCUT2D eigenvalue weighted by atomic mass is 10.0. The molecule has 4 rings (SSSR count). The van der Waals surface area contributed by atoms with E-state index in [-0.39, 0.29) is 18.2 Å². The van der Waals surface area contributed by atoms with Gasteiger partial charge in [0.25, 0.3) is 5.91 Å². The topological polar surface area (TPSA) is 89.1 Å². The predicted molar refractivity (Wildman–Crippen MR) is 148 cm³/mol. The first kappa shape index (κ1) is 27.0. The zero-order valence-corrected chi connectivity index (χ0v) is 21.9. The van der Waals surface area contributed by atoms with Crippen LogP contribution in [0.1, 0.15) is 42.2 Å². The summed E-state index contributed by atoms with van der Waals surface area (Å²) in [6, 6.07) is 21.7. The van der Waals surface area contributed by atoms with Crippen molar-refractivity contribution in [1.29, 1.82) is 0 Å². The molecule has 38 heavy (non-hydrogen) atoms.